The third-order valence-electron chi connectivity index (χ3n) is 2.18. The first-order chi connectivity index (χ1) is 7.56. The van der Waals surface area contributed by atoms with E-state index in [1.54, 1.807) is 25.2 Å². The van der Waals surface area contributed by atoms with Gasteiger partial charge in [-0.3, -0.25) is 9.48 Å². The van der Waals surface area contributed by atoms with E-state index >= 15 is 0 Å². The van der Waals surface area contributed by atoms with Crippen LogP contribution in [0.1, 0.15) is 17.4 Å². The summed E-state index contributed by atoms with van der Waals surface area (Å²) >= 11 is 0. The average Bonchev–Trinajstić information content (AvgIpc) is 2.57. The lowest BCUT2D eigenvalue weighted by Gasteiger charge is -2.15. The maximum Gasteiger partial charge on any atom is 0.276 e. The summed E-state index contributed by atoms with van der Waals surface area (Å²) in [7, 11) is 3.43. The minimum Gasteiger partial charge on any atom is -0.396 e. The second kappa shape index (κ2) is 5.50. The van der Waals surface area contributed by atoms with Gasteiger partial charge in [0.1, 0.15) is 0 Å². The van der Waals surface area contributed by atoms with E-state index in [4.69, 9.17) is 10.5 Å². The summed E-state index contributed by atoms with van der Waals surface area (Å²) in [6.45, 7) is 3.61. The number of carbonyl (C=O) groups excluding carboxylic acids is 1. The predicted molar refractivity (Wildman–Crippen MR) is 61.1 cm³/mol. The normalized spacial score (nSPS) is 10.4. The second-order valence-electron chi connectivity index (χ2n) is 3.53. The van der Waals surface area contributed by atoms with Crippen molar-refractivity contribution in [3.8, 4) is 0 Å². The van der Waals surface area contributed by atoms with Crippen LogP contribution in [0.4, 0.5) is 5.69 Å². The summed E-state index contributed by atoms with van der Waals surface area (Å²) in [6.07, 6.45) is 1.61. The van der Waals surface area contributed by atoms with Crippen LogP contribution in [0.25, 0.3) is 0 Å². The number of amides is 1. The summed E-state index contributed by atoms with van der Waals surface area (Å²) in [5, 5.41) is 4.02. The van der Waals surface area contributed by atoms with Gasteiger partial charge in [0.15, 0.2) is 5.69 Å². The monoisotopic (exact) mass is 226 g/mol. The maximum absolute atomic E-state index is 11.9. The van der Waals surface area contributed by atoms with E-state index in [2.05, 4.69) is 5.10 Å². The summed E-state index contributed by atoms with van der Waals surface area (Å²) in [6, 6.07) is 0. The highest BCUT2D eigenvalue weighted by Crippen LogP contribution is 2.10. The van der Waals surface area contributed by atoms with Crippen LogP contribution >= 0.6 is 0 Å². The molecule has 90 valence electrons. The molecule has 1 rings (SSSR count). The Bertz CT molecular complexity index is 362. The van der Waals surface area contributed by atoms with E-state index in [0.29, 0.717) is 31.1 Å². The molecule has 0 aromatic carbocycles. The quantitative estimate of drug-likeness (QED) is 0.723. The van der Waals surface area contributed by atoms with Gasteiger partial charge in [-0.1, -0.05) is 0 Å². The Kier molecular flexibility index (Phi) is 4.30. The first-order valence-corrected chi connectivity index (χ1v) is 5.18. The van der Waals surface area contributed by atoms with Crippen molar-refractivity contribution in [3.63, 3.8) is 0 Å². The molecular formula is C10H18N4O2. The van der Waals surface area contributed by atoms with E-state index < -0.39 is 0 Å². The van der Waals surface area contributed by atoms with E-state index in [9.17, 15) is 4.79 Å². The van der Waals surface area contributed by atoms with Crippen molar-refractivity contribution in [1.29, 1.82) is 0 Å². The van der Waals surface area contributed by atoms with Crippen molar-refractivity contribution in [1.82, 2.24) is 14.7 Å². The number of rotatable bonds is 5. The molecule has 0 aliphatic carbocycles. The van der Waals surface area contributed by atoms with Crippen molar-refractivity contribution in [2.24, 2.45) is 7.05 Å². The number of nitrogens with two attached hydrogens (primary N) is 1. The zero-order valence-electron chi connectivity index (χ0n) is 9.93. The van der Waals surface area contributed by atoms with Crippen LogP contribution in [-0.4, -0.2) is 47.4 Å². The van der Waals surface area contributed by atoms with Crippen LogP contribution < -0.4 is 5.73 Å². The van der Waals surface area contributed by atoms with Gasteiger partial charge < -0.3 is 15.4 Å². The van der Waals surface area contributed by atoms with E-state index in [1.807, 2.05) is 6.92 Å². The first-order valence-electron chi connectivity index (χ1n) is 5.18. The Balaban J connectivity index is 2.60. The number of nitrogen functional groups attached to an aromatic ring is 1. The molecule has 0 saturated heterocycles. The van der Waals surface area contributed by atoms with Crippen LogP contribution in [0, 0.1) is 0 Å². The lowest BCUT2D eigenvalue weighted by atomic mass is 10.3. The Morgan fingerprint density at radius 3 is 2.88 bits per heavy atom. The van der Waals surface area contributed by atoms with Crippen LogP contribution in [0.5, 0.6) is 0 Å². The lowest BCUT2D eigenvalue weighted by molar-refractivity contribution is 0.0705. The third kappa shape index (κ3) is 2.96. The van der Waals surface area contributed by atoms with Crippen molar-refractivity contribution in [3.05, 3.63) is 11.9 Å². The third-order valence-corrected chi connectivity index (χ3v) is 2.18. The fraction of sp³-hybridized carbons (Fsp3) is 0.600. The van der Waals surface area contributed by atoms with Gasteiger partial charge in [0.05, 0.1) is 12.3 Å². The van der Waals surface area contributed by atoms with E-state index in [0.717, 1.165) is 0 Å². The molecule has 1 amide bonds. The number of anilines is 1. The number of ether oxygens (including phenoxy) is 1. The number of aryl methyl sites for hydroxylation is 1. The Morgan fingerprint density at radius 1 is 1.69 bits per heavy atom. The molecule has 0 atom stereocenters. The zero-order valence-corrected chi connectivity index (χ0v) is 9.93. The van der Waals surface area contributed by atoms with Crippen LogP contribution in [0.2, 0.25) is 0 Å². The number of carbonyl (C=O) groups is 1. The Hall–Kier alpha value is -1.56. The molecule has 0 aliphatic heterocycles. The molecule has 0 radical (unpaired) electrons. The summed E-state index contributed by atoms with van der Waals surface area (Å²) in [4.78, 5) is 13.4. The van der Waals surface area contributed by atoms with Crippen LogP contribution in [0.3, 0.4) is 0 Å². The smallest absolute Gasteiger partial charge is 0.276 e. The van der Waals surface area contributed by atoms with Gasteiger partial charge in [-0.25, -0.2) is 0 Å². The fourth-order valence-electron chi connectivity index (χ4n) is 1.30. The molecule has 0 unspecified atom stereocenters. The molecule has 6 heteroatoms. The molecule has 1 aromatic rings. The minimum absolute atomic E-state index is 0.183. The Morgan fingerprint density at radius 2 is 2.38 bits per heavy atom. The van der Waals surface area contributed by atoms with Crippen molar-refractivity contribution in [2.75, 3.05) is 32.5 Å². The van der Waals surface area contributed by atoms with Gasteiger partial charge in [-0.05, 0) is 6.92 Å². The first kappa shape index (κ1) is 12.5. The molecule has 2 N–H and O–H groups in total. The number of hydrogen-bond acceptors (Lipinski definition) is 4. The number of nitrogens with zero attached hydrogens (tertiary/aromatic N) is 3. The molecular weight excluding hydrogens is 208 g/mol. The van der Waals surface area contributed by atoms with Crippen LogP contribution in [-0.2, 0) is 11.8 Å². The van der Waals surface area contributed by atoms with Crippen molar-refractivity contribution < 1.29 is 9.53 Å². The fourth-order valence-corrected chi connectivity index (χ4v) is 1.30. The standard InChI is InChI=1S/C10H18N4O2/c1-4-16-6-5-13(2)10(15)9-8(11)7-14(3)12-9/h7H,4-6,11H2,1-3H3. The number of likely N-dealkylation sites (N-methyl/N-ethyl adjacent to an activating group) is 1. The van der Waals surface area contributed by atoms with Gasteiger partial charge in [0, 0.05) is 33.4 Å². The lowest BCUT2D eigenvalue weighted by Crippen LogP contribution is -2.31. The molecule has 1 heterocycles. The number of hydrogen-bond donors (Lipinski definition) is 1. The van der Waals surface area contributed by atoms with Gasteiger partial charge in [-0.2, -0.15) is 5.10 Å². The molecule has 16 heavy (non-hydrogen) atoms. The van der Waals surface area contributed by atoms with Crippen molar-refractivity contribution >= 4 is 11.6 Å². The van der Waals surface area contributed by atoms with Crippen LogP contribution in [0.15, 0.2) is 6.20 Å². The molecule has 1 aromatic heterocycles. The average molecular weight is 226 g/mol. The number of aromatic nitrogens is 2. The second-order valence-corrected chi connectivity index (χ2v) is 3.53. The SMILES string of the molecule is CCOCCN(C)C(=O)c1nn(C)cc1N. The summed E-state index contributed by atoms with van der Waals surface area (Å²) < 4.78 is 6.70. The topological polar surface area (TPSA) is 73.4 Å². The summed E-state index contributed by atoms with van der Waals surface area (Å²) in [5.41, 5.74) is 6.36. The zero-order chi connectivity index (χ0) is 12.1. The highest BCUT2D eigenvalue weighted by Gasteiger charge is 2.17. The Labute approximate surface area is 95.0 Å². The molecule has 6 nitrogen and oxygen atoms in total. The van der Waals surface area contributed by atoms with E-state index in [1.165, 1.54) is 4.68 Å². The van der Waals surface area contributed by atoms with Gasteiger partial charge in [-0.15, -0.1) is 0 Å². The largest absolute Gasteiger partial charge is 0.396 e. The molecule has 0 bridgehead atoms. The van der Waals surface area contributed by atoms with Crippen molar-refractivity contribution in [2.45, 2.75) is 6.92 Å². The van der Waals surface area contributed by atoms with E-state index in [-0.39, 0.29) is 5.91 Å². The molecule has 0 aliphatic rings. The highest BCUT2D eigenvalue weighted by atomic mass is 16.5. The molecule has 0 fully saturated rings. The summed E-state index contributed by atoms with van der Waals surface area (Å²) in [5.74, 6) is -0.183. The molecule has 0 spiro atoms. The van der Waals surface area contributed by atoms with Gasteiger partial charge in [0.25, 0.3) is 5.91 Å². The highest BCUT2D eigenvalue weighted by molar-refractivity contribution is 5.96. The molecule has 0 saturated carbocycles. The van der Waals surface area contributed by atoms with Gasteiger partial charge in [0.2, 0.25) is 0 Å². The van der Waals surface area contributed by atoms with Gasteiger partial charge >= 0.3 is 0 Å². The maximum atomic E-state index is 11.9. The minimum atomic E-state index is -0.183. The predicted octanol–water partition coefficient (Wildman–Crippen LogP) is 0.111.